The summed E-state index contributed by atoms with van der Waals surface area (Å²) in [7, 11) is -2.11. The molecule has 1 atom stereocenters. The molecule has 1 N–H and O–H groups in total. The number of methoxy groups -OCH3 is 1. The molecule has 0 saturated carbocycles. The zero-order valence-electron chi connectivity index (χ0n) is 17.4. The van der Waals surface area contributed by atoms with Gasteiger partial charge in [0, 0.05) is 18.8 Å². The number of nitrogens with one attached hydrogen (secondary N) is 1. The molecule has 1 fully saturated rings. The highest BCUT2D eigenvalue weighted by Crippen LogP contribution is 2.28. The van der Waals surface area contributed by atoms with Gasteiger partial charge in [0.25, 0.3) is 0 Å². The SMILES string of the molecule is COc1ccc(S(=O)(=O)N2CCC[C@@H](C(=O)Nc3cc(C)cc(C)c3)C2)cc1C. The molecule has 6 nitrogen and oxygen atoms in total. The van der Waals surface area contributed by atoms with Gasteiger partial charge in [-0.3, -0.25) is 4.79 Å². The maximum absolute atomic E-state index is 13.1. The first-order valence-electron chi connectivity index (χ1n) is 9.74. The minimum absolute atomic E-state index is 0.138. The Morgan fingerprint density at radius 1 is 1.10 bits per heavy atom. The molecule has 0 bridgehead atoms. The van der Waals surface area contributed by atoms with Crippen molar-refractivity contribution in [2.24, 2.45) is 5.92 Å². The lowest BCUT2D eigenvalue weighted by Gasteiger charge is -2.31. The van der Waals surface area contributed by atoms with E-state index in [1.165, 1.54) is 4.31 Å². The smallest absolute Gasteiger partial charge is 0.243 e. The van der Waals surface area contributed by atoms with Crippen LogP contribution in [0.15, 0.2) is 41.3 Å². The molecule has 7 heteroatoms. The van der Waals surface area contributed by atoms with Gasteiger partial charge >= 0.3 is 0 Å². The summed E-state index contributed by atoms with van der Waals surface area (Å²) in [5, 5.41) is 2.95. The van der Waals surface area contributed by atoms with Gasteiger partial charge in [-0.15, -0.1) is 0 Å². The molecule has 29 heavy (non-hydrogen) atoms. The van der Waals surface area contributed by atoms with E-state index in [0.29, 0.717) is 25.1 Å². The zero-order valence-corrected chi connectivity index (χ0v) is 18.2. The molecule has 1 aliphatic rings. The highest BCUT2D eigenvalue weighted by atomic mass is 32.2. The van der Waals surface area contributed by atoms with Gasteiger partial charge < -0.3 is 10.1 Å². The van der Waals surface area contributed by atoms with E-state index in [-0.39, 0.29) is 23.3 Å². The van der Waals surface area contributed by atoms with E-state index in [1.807, 2.05) is 39.0 Å². The highest BCUT2D eigenvalue weighted by molar-refractivity contribution is 7.89. The fraction of sp³-hybridized carbons (Fsp3) is 0.409. The van der Waals surface area contributed by atoms with E-state index in [0.717, 1.165) is 22.4 Å². The topological polar surface area (TPSA) is 75.7 Å². The molecule has 3 rings (SSSR count). The van der Waals surface area contributed by atoms with Gasteiger partial charge in [-0.05, 0) is 80.6 Å². The predicted molar refractivity (Wildman–Crippen MR) is 114 cm³/mol. The van der Waals surface area contributed by atoms with Crippen molar-refractivity contribution in [3.63, 3.8) is 0 Å². The van der Waals surface area contributed by atoms with Crippen molar-refractivity contribution in [3.05, 3.63) is 53.1 Å². The summed E-state index contributed by atoms with van der Waals surface area (Å²) in [6, 6.07) is 10.7. The summed E-state index contributed by atoms with van der Waals surface area (Å²) in [6.07, 6.45) is 1.32. The van der Waals surface area contributed by atoms with Crippen molar-refractivity contribution in [1.29, 1.82) is 0 Å². The van der Waals surface area contributed by atoms with Crippen LogP contribution in [0.4, 0.5) is 5.69 Å². The molecule has 1 saturated heterocycles. The second-order valence-corrected chi connectivity index (χ2v) is 9.64. The number of carbonyl (C=O) groups is 1. The number of nitrogens with zero attached hydrogens (tertiary/aromatic N) is 1. The van der Waals surface area contributed by atoms with E-state index in [9.17, 15) is 13.2 Å². The van der Waals surface area contributed by atoms with Gasteiger partial charge in [0.05, 0.1) is 17.9 Å². The summed E-state index contributed by atoms with van der Waals surface area (Å²) >= 11 is 0. The third-order valence-electron chi connectivity index (χ3n) is 5.25. The number of sulfonamides is 1. The van der Waals surface area contributed by atoms with Gasteiger partial charge in [0.15, 0.2) is 0 Å². The van der Waals surface area contributed by atoms with Crippen LogP contribution in [0.1, 0.15) is 29.5 Å². The maximum Gasteiger partial charge on any atom is 0.243 e. The molecule has 156 valence electrons. The van der Waals surface area contributed by atoms with Gasteiger partial charge in [0.1, 0.15) is 5.75 Å². The monoisotopic (exact) mass is 416 g/mol. The first-order chi connectivity index (χ1) is 13.7. The summed E-state index contributed by atoms with van der Waals surface area (Å²) in [5.74, 6) is 0.132. The Morgan fingerprint density at radius 2 is 1.79 bits per heavy atom. The fourth-order valence-electron chi connectivity index (χ4n) is 3.83. The lowest BCUT2D eigenvalue weighted by molar-refractivity contribution is -0.120. The quantitative estimate of drug-likeness (QED) is 0.807. The van der Waals surface area contributed by atoms with E-state index >= 15 is 0 Å². The summed E-state index contributed by atoms with van der Waals surface area (Å²) in [5.41, 5.74) is 3.65. The van der Waals surface area contributed by atoms with Crippen LogP contribution in [0.2, 0.25) is 0 Å². The highest BCUT2D eigenvalue weighted by Gasteiger charge is 2.33. The van der Waals surface area contributed by atoms with Crippen LogP contribution in [0.25, 0.3) is 0 Å². The van der Waals surface area contributed by atoms with Crippen LogP contribution in [0.5, 0.6) is 5.75 Å². The molecule has 0 spiro atoms. The Morgan fingerprint density at radius 3 is 2.41 bits per heavy atom. The van der Waals surface area contributed by atoms with E-state index in [2.05, 4.69) is 5.32 Å². The van der Waals surface area contributed by atoms with Crippen LogP contribution in [-0.2, 0) is 14.8 Å². The fourth-order valence-corrected chi connectivity index (χ4v) is 5.44. The summed E-state index contributed by atoms with van der Waals surface area (Å²) < 4.78 is 32.9. The number of benzene rings is 2. The maximum atomic E-state index is 13.1. The predicted octanol–water partition coefficient (Wildman–Crippen LogP) is 3.66. The average molecular weight is 417 g/mol. The molecular weight excluding hydrogens is 388 g/mol. The number of piperidine rings is 1. The largest absolute Gasteiger partial charge is 0.496 e. The normalized spacial score (nSPS) is 17.7. The van der Waals surface area contributed by atoms with Crippen molar-refractivity contribution in [2.75, 3.05) is 25.5 Å². The molecule has 0 aromatic heterocycles. The zero-order chi connectivity index (χ0) is 21.2. The molecule has 1 heterocycles. The Hall–Kier alpha value is -2.38. The van der Waals surface area contributed by atoms with Crippen molar-refractivity contribution in [2.45, 2.75) is 38.5 Å². The second-order valence-electron chi connectivity index (χ2n) is 7.70. The molecule has 0 aliphatic carbocycles. The molecule has 2 aromatic carbocycles. The average Bonchev–Trinajstić information content (AvgIpc) is 2.67. The van der Waals surface area contributed by atoms with Crippen molar-refractivity contribution in [1.82, 2.24) is 4.31 Å². The standard InChI is InChI=1S/C22H28N2O4S/c1-15-10-16(2)12-19(11-15)23-22(25)18-6-5-9-24(14-18)29(26,27)20-7-8-21(28-4)17(3)13-20/h7-8,10-13,18H,5-6,9,14H2,1-4H3,(H,23,25)/t18-/m1/s1. The Bertz CT molecular complexity index is 997. The van der Waals surface area contributed by atoms with E-state index < -0.39 is 10.0 Å². The minimum Gasteiger partial charge on any atom is -0.496 e. The van der Waals surface area contributed by atoms with Crippen molar-refractivity contribution < 1.29 is 17.9 Å². The van der Waals surface area contributed by atoms with Crippen LogP contribution in [0, 0.1) is 26.7 Å². The third kappa shape index (κ3) is 4.79. The number of amides is 1. The number of aryl methyl sites for hydroxylation is 3. The second kappa shape index (κ2) is 8.55. The Balaban J connectivity index is 1.75. The lowest BCUT2D eigenvalue weighted by Crippen LogP contribution is -2.43. The molecule has 2 aromatic rings. The third-order valence-corrected chi connectivity index (χ3v) is 7.11. The van der Waals surface area contributed by atoms with Crippen LogP contribution < -0.4 is 10.1 Å². The van der Waals surface area contributed by atoms with Crippen LogP contribution >= 0.6 is 0 Å². The number of rotatable bonds is 5. The van der Waals surface area contributed by atoms with Crippen LogP contribution in [0.3, 0.4) is 0 Å². The number of anilines is 1. The van der Waals surface area contributed by atoms with E-state index in [1.54, 1.807) is 25.3 Å². The molecule has 1 amide bonds. The lowest BCUT2D eigenvalue weighted by atomic mass is 9.98. The van der Waals surface area contributed by atoms with Crippen molar-refractivity contribution in [3.8, 4) is 5.75 Å². The number of hydrogen-bond donors (Lipinski definition) is 1. The summed E-state index contributed by atoms with van der Waals surface area (Å²) in [4.78, 5) is 13.0. The van der Waals surface area contributed by atoms with Crippen LogP contribution in [-0.4, -0.2) is 38.8 Å². The Labute approximate surface area is 172 Å². The van der Waals surface area contributed by atoms with Gasteiger partial charge in [-0.2, -0.15) is 4.31 Å². The first kappa shape index (κ1) is 21.3. The summed E-state index contributed by atoms with van der Waals surface area (Å²) in [6.45, 7) is 6.38. The molecule has 0 radical (unpaired) electrons. The minimum atomic E-state index is -3.66. The van der Waals surface area contributed by atoms with E-state index in [4.69, 9.17) is 4.74 Å². The van der Waals surface area contributed by atoms with Gasteiger partial charge in [0.2, 0.25) is 15.9 Å². The van der Waals surface area contributed by atoms with Gasteiger partial charge in [-0.25, -0.2) is 8.42 Å². The number of hydrogen-bond acceptors (Lipinski definition) is 4. The first-order valence-corrected chi connectivity index (χ1v) is 11.2. The molecule has 0 unspecified atom stereocenters. The Kier molecular flexibility index (Phi) is 6.29. The van der Waals surface area contributed by atoms with Crippen molar-refractivity contribution >= 4 is 21.6 Å². The number of ether oxygens (including phenoxy) is 1. The molecule has 1 aliphatic heterocycles. The number of carbonyl (C=O) groups excluding carboxylic acids is 1. The van der Waals surface area contributed by atoms with Gasteiger partial charge in [-0.1, -0.05) is 6.07 Å². The molecular formula is C22H28N2O4S.